The van der Waals surface area contributed by atoms with E-state index in [0.29, 0.717) is 0 Å². The van der Waals surface area contributed by atoms with Crippen molar-refractivity contribution < 1.29 is 4.79 Å². The summed E-state index contributed by atoms with van der Waals surface area (Å²) in [7, 11) is 2.11. The van der Waals surface area contributed by atoms with E-state index in [1.165, 1.54) is 35.0 Å². The number of aryl methyl sites for hydroxylation is 2. The maximum absolute atomic E-state index is 12.7. The first-order valence-corrected chi connectivity index (χ1v) is 8.33. The molecule has 116 valence electrons. The predicted molar refractivity (Wildman–Crippen MR) is 88.3 cm³/mol. The summed E-state index contributed by atoms with van der Waals surface area (Å²) in [6.07, 6.45) is 4.82. The molecule has 2 aromatic rings. The van der Waals surface area contributed by atoms with Crippen LogP contribution in [0.15, 0.2) is 18.2 Å². The summed E-state index contributed by atoms with van der Waals surface area (Å²) in [5.41, 5.74) is 4.84. The van der Waals surface area contributed by atoms with E-state index in [0.717, 1.165) is 44.6 Å². The van der Waals surface area contributed by atoms with Gasteiger partial charge in [-0.25, -0.2) is 0 Å². The molecule has 4 rings (SSSR count). The van der Waals surface area contributed by atoms with E-state index < -0.39 is 0 Å². The summed E-state index contributed by atoms with van der Waals surface area (Å²) >= 11 is 0. The van der Waals surface area contributed by atoms with Gasteiger partial charge in [0.15, 0.2) is 0 Å². The predicted octanol–water partition coefficient (Wildman–Crippen LogP) is 2.43. The minimum Gasteiger partial charge on any atom is -0.358 e. The molecular weight excluding hydrogens is 274 g/mol. The topological polar surface area (TPSA) is 39.3 Å². The van der Waals surface area contributed by atoms with Crippen LogP contribution >= 0.6 is 0 Å². The average molecular weight is 297 g/mol. The average Bonchev–Trinajstić information content (AvgIpc) is 2.92. The molecule has 1 N–H and O–H groups in total. The lowest BCUT2D eigenvalue weighted by atomic mass is 9.95. The zero-order chi connectivity index (χ0) is 15.1. The lowest BCUT2D eigenvalue weighted by molar-refractivity contribution is 0.0664. The number of benzene rings is 1. The Hall–Kier alpha value is -1.81. The number of carbonyl (C=O) groups is 1. The zero-order valence-corrected chi connectivity index (χ0v) is 13.2. The number of nitrogens with one attached hydrogen (secondary N) is 1. The van der Waals surface area contributed by atoms with Crippen LogP contribution in [0.25, 0.3) is 10.9 Å². The van der Waals surface area contributed by atoms with Crippen LogP contribution in [0.5, 0.6) is 0 Å². The van der Waals surface area contributed by atoms with Crippen molar-refractivity contribution in [3.05, 3.63) is 35.0 Å². The molecule has 2 aliphatic rings. The Balaban J connectivity index is 1.65. The molecule has 2 heterocycles. The van der Waals surface area contributed by atoms with Crippen LogP contribution in [-0.2, 0) is 12.8 Å². The number of aromatic nitrogens is 1. The number of rotatable bonds is 1. The molecule has 1 aliphatic heterocycles. The molecule has 0 radical (unpaired) electrons. The molecule has 1 aliphatic carbocycles. The summed E-state index contributed by atoms with van der Waals surface area (Å²) < 4.78 is 0. The Bertz CT molecular complexity index is 710. The summed E-state index contributed by atoms with van der Waals surface area (Å²) in [5.74, 6) is 0.181. The van der Waals surface area contributed by atoms with Crippen molar-refractivity contribution in [3.8, 4) is 0 Å². The van der Waals surface area contributed by atoms with Gasteiger partial charge in [0.05, 0.1) is 0 Å². The van der Waals surface area contributed by atoms with Crippen molar-refractivity contribution in [3.63, 3.8) is 0 Å². The molecule has 4 nitrogen and oxygen atoms in total. The molecule has 1 aromatic carbocycles. The van der Waals surface area contributed by atoms with Gasteiger partial charge in [-0.3, -0.25) is 4.79 Å². The maximum atomic E-state index is 12.7. The fourth-order valence-electron chi connectivity index (χ4n) is 3.73. The standard InChI is InChI=1S/C18H23N3O/c1-20-8-10-21(11-9-20)18(22)13-6-7-17-15(12-13)14-4-2-3-5-16(14)19-17/h6-7,12,19H,2-5,8-11H2,1H3. The summed E-state index contributed by atoms with van der Waals surface area (Å²) in [4.78, 5) is 20.5. The highest BCUT2D eigenvalue weighted by Gasteiger charge is 2.22. The number of nitrogens with zero attached hydrogens (tertiary/aromatic N) is 2. The number of amides is 1. The number of H-pyrrole nitrogens is 1. The van der Waals surface area contributed by atoms with Gasteiger partial charge in [-0.1, -0.05) is 0 Å². The lowest BCUT2D eigenvalue weighted by Crippen LogP contribution is -2.47. The van der Waals surface area contributed by atoms with Crippen molar-refractivity contribution >= 4 is 16.8 Å². The van der Waals surface area contributed by atoms with E-state index >= 15 is 0 Å². The molecule has 1 amide bonds. The second-order valence-corrected chi connectivity index (χ2v) is 6.65. The number of fused-ring (bicyclic) bond motifs is 3. The van der Waals surface area contributed by atoms with Gasteiger partial charge < -0.3 is 14.8 Å². The van der Waals surface area contributed by atoms with E-state index in [4.69, 9.17) is 0 Å². The smallest absolute Gasteiger partial charge is 0.253 e. The normalized spacial score (nSPS) is 19.4. The van der Waals surface area contributed by atoms with Crippen molar-refractivity contribution in [2.75, 3.05) is 33.2 Å². The molecular formula is C18H23N3O. The third kappa shape index (κ3) is 2.31. The Morgan fingerprint density at radius 1 is 1.09 bits per heavy atom. The van der Waals surface area contributed by atoms with E-state index in [1.54, 1.807) is 0 Å². The van der Waals surface area contributed by atoms with Crippen LogP contribution in [0, 0.1) is 0 Å². The Morgan fingerprint density at radius 2 is 1.86 bits per heavy atom. The van der Waals surface area contributed by atoms with Gasteiger partial charge >= 0.3 is 0 Å². The molecule has 22 heavy (non-hydrogen) atoms. The number of carbonyl (C=O) groups excluding carboxylic acids is 1. The van der Waals surface area contributed by atoms with E-state index in [-0.39, 0.29) is 5.91 Å². The number of aromatic amines is 1. The number of hydrogen-bond donors (Lipinski definition) is 1. The summed E-state index contributed by atoms with van der Waals surface area (Å²) in [6, 6.07) is 6.17. The van der Waals surface area contributed by atoms with Crippen LogP contribution < -0.4 is 0 Å². The third-order valence-corrected chi connectivity index (χ3v) is 5.14. The number of likely N-dealkylation sites (N-methyl/N-ethyl adjacent to an activating group) is 1. The Labute approximate surface area is 131 Å². The molecule has 0 saturated carbocycles. The highest BCUT2D eigenvalue weighted by Crippen LogP contribution is 2.30. The quantitative estimate of drug-likeness (QED) is 0.878. The Morgan fingerprint density at radius 3 is 2.68 bits per heavy atom. The first-order chi connectivity index (χ1) is 10.7. The fourth-order valence-corrected chi connectivity index (χ4v) is 3.73. The molecule has 1 aromatic heterocycles. The summed E-state index contributed by atoms with van der Waals surface area (Å²) in [5, 5.41) is 1.26. The van der Waals surface area contributed by atoms with Crippen molar-refractivity contribution in [2.45, 2.75) is 25.7 Å². The van der Waals surface area contributed by atoms with Crippen LogP contribution in [-0.4, -0.2) is 53.9 Å². The second kappa shape index (κ2) is 5.43. The molecule has 0 unspecified atom stereocenters. The molecule has 1 saturated heterocycles. The van der Waals surface area contributed by atoms with Crippen LogP contribution in [0.1, 0.15) is 34.5 Å². The van der Waals surface area contributed by atoms with Gasteiger partial charge in [0.2, 0.25) is 0 Å². The summed E-state index contributed by atoms with van der Waals surface area (Å²) in [6.45, 7) is 3.60. The number of piperazine rings is 1. The highest BCUT2D eigenvalue weighted by atomic mass is 16.2. The monoisotopic (exact) mass is 297 g/mol. The molecule has 1 fully saturated rings. The molecule has 0 spiro atoms. The maximum Gasteiger partial charge on any atom is 0.253 e. The third-order valence-electron chi connectivity index (χ3n) is 5.14. The minimum atomic E-state index is 0.181. The first kappa shape index (κ1) is 13.8. The Kier molecular flexibility index (Phi) is 3.41. The molecule has 4 heteroatoms. The van der Waals surface area contributed by atoms with Crippen molar-refractivity contribution in [1.29, 1.82) is 0 Å². The van der Waals surface area contributed by atoms with Crippen molar-refractivity contribution in [2.24, 2.45) is 0 Å². The van der Waals surface area contributed by atoms with Crippen LogP contribution in [0.2, 0.25) is 0 Å². The van der Waals surface area contributed by atoms with Crippen molar-refractivity contribution in [1.82, 2.24) is 14.8 Å². The van der Waals surface area contributed by atoms with Gasteiger partial charge in [0, 0.05) is 48.3 Å². The van der Waals surface area contributed by atoms with Gasteiger partial charge in [-0.2, -0.15) is 0 Å². The van der Waals surface area contributed by atoms with Gasteiger partial charge in [0.1, 0.15) is 0 Å². The largest absolute Gasteiger partial charge is 0.358 e. The SMILES string of the molecule is CN1CCN(C(=O)c2ccc3[nH]c4c(c3c2)CCCC4)CC1. The van der Waals surface area contributed by atoms with Gasteiger partial charge in [-0.15, -0.1) is 0 Å². The highest BCUT2D eigenvalue weighted by molar-refractivity contribution is 5.99. The minimum absolute atomic E-state index is 0.181. The van der Waals surface area contributed by atoms with E-state index in [2.05, 4.69) is 29.1 Å². The van der Waals surface area contributed by atoms with E-state index in [9.17, 15) is 4.79 Å². The zero-order valence-electron chi connectivity index (χ0n) is 13.2. The van der Waals surface area contributed by atoms with Crippen LogP contribution in [0.4, 0.5) is 0 Å². The number of hydrogen-bond acceptors (Lipinski definition) is 2. The first-order valence-electron chi connectivity index (χ1n) is 8.33. The molecule has 0 bridgehead atoms. The van der Waals surface area contributed by atoms with Gasteiger partial charge in [0.25, 0.3) is 5.91 Å². The fraction of sp³-hybridized carbons (Fsp3) is 0.500. The lowest BCUT2D eigenvalue weighted by Gasteiger charge is -2.32. The molecule has 0 atom stereocenters. The second-order valence-electron chi connectivity index (χ2n) is 6.65. The van der Waals surface area contributed by atoms with Gasteiger partial charge in [-0.05, 0) is 56.5 Å². The van der Waals surface area contributed by atoms with Crippen LogP contribution in [0.3, 0.4) is 0 Å². The van der Waals surface area contributed by atoms with E-state index in [1.807, 2.05) is 11.0 Å².